The summed E-state index contributed by atoms with van der Waals surface area (Å²) < 4.78 is 0.901. The Balaban J connectivity index is 2.54. The number of aliphatic hydroxyl groups excluding tert-OH is 1. The highest BCUT2D eigenvalue weighted by atomic mass is 79.9. The summed E-state index contributed by atoms with van der Waals surface area (Å²) in [5.74, 6) is -1.31. The molecule has 0 fully saturated rings. The van der Waals surface area contributed by atoms with Gasteiger partial charge in [0.15, 0.2) is 11.5 Å². The lowest BCUT2D eigenvalue weighted by Gasteiger charge is -2.25. The molecule has 104 valence electrons. The Bertz CT molecular complexity index is 604. The molecule has 1 aromatic carbocycles. The molecule has 1 N–H and O–H groups in total. The van der Waals surface area contributed by atoms with E-state index in [2.05, 4.69) is 22.5 Å². The maximum atomic E-state index is 12.1. The Hall–Kier alpha value is -1.88. The van der Waals surface area contributed by atoms with Gasteiger partial charge in [-0.15, -0.1) is 6.58 Å². The fraction of sp³-hybridized carbons (Fsp3) is 0.200. The lowest BCUT2D eigenvalue weighted by Crippen LogP contribution is -2.31. The number of halogens is 1. The van der Waals surface area contributed by atoms with Gasteiger partial charge in [0.1, 0.15) is 0 Å². The van der Waals surface area contributed by atoms with Gasteiger partial charge in [0, 0.05) is 11.0 Å². The Kier molecular flexibility index (Phi) is 4.09. The molecule has 1 aromatic rings. The molecule has 5 heteroatoms. The average molecular weight is 336 g/mol. The highest BCUT2D eigenvalue weighted by molar-refractivity contribution is 9.10. The van der Waals surface area contributed by atoms with Gasteiger partial charge in [-0.05, 0) is 24.6 Å². The van der Waals surface area contributed by atoms with Crippen LogP contribution in [0.4, 0.5) is 0 Å². The van der Waals surface area contributed by atoms with Crippen LogP contribution in [0.2, 0.25) is 0 Å². The number of hydrogen-bond donors (Lipinski definition) is 1. The van der Waals surface area contributed by atoms with Crippen LogP contribution in [0.15, 0.2) is 52.7 Å². The predicted octanol–water partition coefficient (Wildman–Crippen LogP) is 2.92. The number of hydrogen-bond acceptors (Lipinski definition) is 3. The van der Waals surface area contributed by atoms with Crippen molar-refractivity contribution in [1.82, 2.24) is 4.90 Å². The molecule has 1 amide bonds. The van der Waals surface area contributed by atoms with E-state index in [1.54, 1.807) is 6.08 Å². The van der Waals surface area contributed by atoms with E-state index in [0.29, 0.717) is 0 Å². The number of rotatable bonds is 4. The standard InChI is InChI=1S/C15H14BrNO3/c1-3-8-17-13(10-4-6-11(16)7-5-10)12(9(2)18)14(19)15(17)20/h3-7,13,19H,1,8H2,2H3. The molecule has 0 saturated carbocycles. The van der Waals surface area contributed by atoms with Crippen LogP contribution in [0.5, 0.6) is 0 Å². The van der Waals surface area contributed by atoms with Crippen molar-refractivity contribution in [3.63, 3.8) is 0 Å². The second-order valence-corrected chi connectivity index (χ2v) is 5.43. The fourth-order valence-electron chi connectivity index (χ4n) is 2.33. The zero-order valence-corrected chi connectivity index (χ0v) is 12.6. The van der Waals surface area contributed by atoms with E-state index in [1.807, 2.05) is 24.3 Å². The Morgan fingerprint density at radius 1 is 1.45 bits per heavy atom. The van der Waals surface area contributed by atoms with Crippen LogP contribution in [0.25, 0.3) is 0 Å². The quantitative estimate of drug-likeness (QED) is 0.860. The van der Waals surface area contributed by atoms with Gasteiger partial charge in [-0.1, -0.05) is 34.1 Å². The van der Waals surface area contributed by atoms with Crippen LogP contribution in [-0.4, -0.2) is 28.2 Å². The number of carbonyl (C=O) groups excluding carboxylic acids is 2. The zero-order valence-electron chi connectivity index (χ0n) is 11.0. The lowest BCUT2D eigenvalue weighted by atomic mass is 9.97. The van der Waals surface area contributed by atoms with Crippen LogP contribution >= 0.6 is 15.9 Å². The summed E-state index contributed by atoms with van der Waals surface area (Å²) in [6.07, 6.45) is 1.57. The van der Waals surface area contributed by atoms with Crippen molar-refractivity contribution in [3.05, 3.63) is 58.3 Å². The third kappa shape index (κ3) is 2.41. The zero-order chi connectivity index (χ0) is 14.9. The molecule has 0 aliphatic carbocycles. The van der Waals surface area contributed by atoms with Gasteiger partial charge in [0.25, 0.3) is 5.91 Å². The maximum absolute atomic E-state index is 12.1. The number of ketones is 1. The molecule has 0 aromatic heterocycles. The molecule has 1 unspecified atom stereocenters. The molecule has 20 heavy (non-hydrogen) atoms. The van der Waals surface area contributed by atoms with Gasteiger partial charge >= 0.3 is 0 Å². The molecule has 4 nitrogen and oxygen atoms in total. The summed E-state index contributed by atoms with van der Waals surface area (Å²) in [5.41, 5.74) is 0.914. The van der Waals surface area contributed by atoms with E-state index in [9.17, 15) is 14.7 Å². The van der Waals surface area contributed by atoms with E-state index in [1.165, 1.54) is 11.8 Å². The summed E-state index contributed by atoms with van der Waals surface area (Å²) >= 11 is 3.34. The summed E-state index contributed by atoms with van der Waals surface area (Å²) in [7, 11) is 0. The van der Waals surface area contributed by atoms with Crippen molar-refractivity contribution in [3.8, 4) is 0 Å². The molecular weight excluding hydrogens is 322 g/mol. The number of carbonyl (C=O) groups is 2. The number of Topliss-reactive ketones (excluding diaryl/α,β-unsaturated/α-hetero) is 1. The monoisotopic (exact) mass is 335 g/mol. The van der Waals surface area contributed by atoms with Gasteiger partial charge in [0.2, 0.25) is 0 Å². The van der Waals surface area contributed by atoms with Crippen LogP contribution < -0.4 is 0 Å². The topological polar surface area (TPSA) is 57.6 Å². The lowest BCUT2D eigenvalue weighted by molar-refractivity contribution is -0.128. The van der Waals surface area contributed by atoms with Crippen molar-refractivity contribution < 1.29 is 14.7 Å². The third-order valence-corrected chi connectivity index (χ3v) is 3.72. The van der Waals surface area contributed by atoms with E-state index in [0.717, 1.165) is 10.0 Å². The first kappa shape index (κ1) is 14.5. The number of benzene rings is 1. The summed E-state index contributed by atoms with van der Waals surface area (Å²) in [4.78, 5) is 25.3. The molecule has 0 spiro atoms. The number of nitrogens with zero attached hydrogens (tertiary/aromatic N) is 1. The first-order valence-electron chi connectivity index (χ1n) is 6.08. The third-order valence-electron chi connectivity index (χ3n) is 3.19. The Morgan fingerprint density at radius 2 is 2.05 bits per heavy atom. The molecule has 0 radical (unpaired) electrons. The van der Waals surface area contributed by atoms with Crippen molar-refractivity contribution in [2.45, 2.75) is 13.0 Å². The number of amides is 1. The summed E-state index contributed by atoms with van der Waals surface area (Å²) in [6, 6.07) is 6.74. The van der Waals surface area contributed by atoms with Gasteiger partial charge < -0.3 is 10.0 Å². The first-order valence-corrected chi connectivity index (χ1v) is 6.88. The SMILES string of the molecule is C=CCN1C(=O)C(O)=C(C(C)=O)C1c1ccc(Br)cc1. The Morgan fingerprint density at radius 3 is 2.55 bits per heavy atom. The van der Waals surface area contributed by atoms with E-state index in [4.69, 9.17) is 0 Å². The van der Waals surface area contributed by atoms with Crippen LogP contribution in [0, 0.1) is 0 Å². The maximum Gasteiger partial charge on any atom is 0.290 e. The van der Waals surface area contributed by atoms with E-state index >= 15 is 0 Å². The molecule has 1 aliphatic rings. The van der Waals surface area contributed by atoms with Crippen LogP contribution in [0.1, 0.15) is 18.5 Å². The molecular formula is C15H14BrNO3. The van der Waals surface area contributed by atoms with Crippen LogP contribution in [-0.2, 0) is 9.59 Å². The van der Waals surface area contributed by atoms with Crippen molar-refractivity contribution >= 4 is 27.6 Å². The van der Waals surface area contributed by atoms with Crippen molar-refractivity contribution in [2.24, 2.45) is 0 Å². The molecule has 0 saturated heterocycles. The molecule has 1 aliphatic heterocycles. The van der Waals surface area contributed by atoms with Gasteiger partial charge in [0.05, 0.1) is 11.6 Å². The van der Waals surface area contributed by atoms with Gasteiger partial charge in [-0.25, -0.2) is 0 Å². The summed E-state index contributed by atoms with van der Waals surface area (Å²) in [5, 5.41) is 9.94. The van der Waals surface area contributed by atoms with E-state index < -0.39 is 17.7 Å². The normalized spacial score (nSPS) is 18.6. The van der Waals surface area contributed by atoms with Gasteiger partial charge in [-0.3, -0.25) is 9.59 Å². The fourth-order valence-corrected chi connectivity index (χ4v) is 2.60. The van der Waals surface area contributed by atoms with Crippen LogP contribution in [0.3, 0.4) is 0 Å². The van der Waals surface area contributed by atoms with Crippen molar-refractivity contribution in [1.29, 1.82) is 0 Å². The molecule has 0 bridgehead atoms. The minimum atomic E-state index is -0.564. The minimum Gasteiger partial charge on any atom is -0.503 e. The average Bonchev–Trinajstić information content (AvgIpc) is 2.65. The first-order chi connectivity index (χ1) is 9.47. The second kappa shape index (κ2) is 5.63. The predicted molar refractivity (Wildman–Crippen MR) is 79.1 cm³/mol. The number of aliphatic hydroxyl groups is 1. The molecule has 1 atom stereocenters. The second-order valence-electron chi connectivity index (χ2n) is 4.52. The largest absolute Gasteiger partial charge is 0.503 e. The smallest absolute Gasteiger partial charge is 0.290 e. The minimum absolute atomic E-state index is 0.138. The van der Waals surface area contributed by atoms with Crippen molar-refractivity contribution in [2.75, 3.05) is 6.54 Å². The van der Waals surface area contributed by atoms with Gasteiger partial charge in [-0.2, -0.15) is 0 Å². The highest BCUT2D eigenvalue weighted by Gasteiger charge is 2.41. The highest BCUT2D eigenvalue weighted by Crippen LogP contribution is 2.37. The van der Waals surface area contributed by atoms with E-state index in [-0.39, 0.29) is 17.9 Å². The molecule has 2 rings (SSSR count). The Labute approximate surface area is 125 Å². The summed E-state index contributed by atoms with van der Waals surface area (Å²) in [6.45, 7) is 5.22. The molecule has 1 heterocycles.